The largest absolute Gasteiger partial charge is 0.478 e. The minimum absolute atomic E-state index is 0.105. The van der Waals surface area contributed by atoms with Gasteiger partial charge in [0.05, 0.1) is 5.56 Å². The lowest BCUT2D eigenvalue weighted by atomic mass is 9.73. The fraction of sp³-hybridized carbons (Fsp3) is 0.138. The van der Waals surface area contributed by atoms with Gasteiger partial charge in [0.25, 0.3) is 0 Å². The van der Waals surface area contributed by atoms with E-state index in [-0.39, 0.29) is 5.41 Å². The molecule has 1 aliphatic carbocycles. The second-order valence-electron chi connectivity index (χ2n) is 8.56. The quantitative estimate of drug-likeness (QED) is 0.450. The maximum absolute atomic E-state index is 11.0. The molecule has 0 aromatic heterocycles. The Hall–Kier alpha value is -3.65. The zero-order valence-corrected chi connectivity index (χ0v) is 17.9. The fourth-order valence-corrected chi connectivity index (χ4v) is 3.92. The summed E-state index contributed by atoms with van der Waals surface area (Å²) in [5.74, 6) is -0.907. The van der Waals surface area contributed by atoms with Crippen molar-refractivity contribution in [2.24, 2.45) is 0 Å². The van der Waals surface area contributed by atoms with Crippen LogP contribution in [0.4, 0.5) is 0 Å². The van der Waals surface area contributed by atoms with E-state index in [4.69, 9.17) is 5.11 Å². The Kier molecular flexibility index (Phi) is 5.73. The van der Waals surface area contributed by atoms with Crippen molar-refractivity contribution in [3.8, 4) is 0 Å². The van der Waals surface area contributed by atoms with Crippen LogP contribution in [0.5, 0.6) is 0 Å². The van der Waals surface area contributed by atoms with Crippen molar-refractivity contribution in [3.05, 3.63) is 118 Å². The van der Waals surface area contributed by atoms with Crippen molar-refractivity contribution in [2.45, 2.75) is 25.7 Å². The van der Waals surface area contributed by atoms with Gasteiger partial charge in [0, 0.05) is 0 Å². The van der Waals surface area contributed by atoms with Gasteiger partial charge in [-0.2, -0.15) is 0 Å². The molecule has 0 radical (unpaired) electrons. The Labute approximate surface area is 183 Å². The summed E-state index contributed by atoms with van der Waals surface area (Å²) in [5, 5.41) is 9.05. The van der Waals surface area contributed by atoms with Crippen LogP contribution in [-0.2, 0) is 5.41 Å². The van der Waals surface area contributed by atoms with Crippen molar-refractivity contribution >= 4 is 29.8 Å². The molecule has 0 bridgehead atoms. The SMILES string of the molecule is CC1(C)CC=C(C=Cc2ccccc2)c2cc(C=Cc3ccc(C(=O)O)cc3)ccc21. The van der Waals surface area contributed by atoms with Crippen molar-refractivity contribution in [2.75, 3.05) is 0 Å². The maximum atomic E-state index is 11.0. The van der Waals surface area contributed by atoms with Crippen LogP contribution in [0.2, 0.25) is 0 Å². The number of fused-ring (bicyclic) bond motifs is 1. The molecule has 0 saturated heterocycles. The Balaban J connectivity index is 1.63. The highest BCUT2D eigenvalue weighted by molar-refractivity contribution is 5.88. The van der Waals surface area contributed by atoms with E-state index >= 15 is 0 Å². The van der Waals surface area contributed by atoms with Gasteiger partial charge in [0.15, 0.2) is 0 Å². The molecule has 1 N–H and O–H groups in total. The van der Waals surface area contributed by atoms with Crippen molar-refractivity contribution in [3.63, 3.8) is 0 Å². The molecule has 0 atom stereocenters. The lowest BCUT2D eigenvalue weighted by Gasteiger charge is -2.31. The van der Waals surface area contributed by atoms with E-state index < -0.39 is 5.97 Å². The lowest BCUT2D eigenvalue weighted by Crippen LogP contribution is -2.21. The van der Waals surface area contributed by atoms with Crippen LogP contribution in [-0.4, -0.2) is 11.1 Å². The topological polar surface area (TPSA) is 37.3 Å². The highest BCUT2D eigenvalue weighted by Gasteiger charge is 2.27. The van der Waals surface area contributed by atoms with Crippen LogP contribution in [0, 0.1) is 0 Å². The predicted octanol–water partition coefficient (Wildman–Crippen LogP) is 7.33. The molecule has 0 aliphatic heterocycles. The average molecular weight is 407 g/mol. The number of allylic oxidation sites excluding steroid dienone is 3. The van der Waals surface area contributed by atoms with E-state index in [1.54, 1.807) is 12.1 Å². The van der Waals surface area contributed by atoms with Gasteiger partial charge >= 0.3 is 5.97 Å². The molecule has 2 heteroatoms. The first kappa shape index (κ1) is 20.6. The molecule has 0 amide bonds. The van der Waals surface area contributed by atoms with Gasteiger partial charge in [-0.05, 0) is 63.4 Å². The Morgan fingerprint density at radius 1 is 0.806 bits per heavy atom. The normalized spacial score (nSPS) is 15.1. The fourth-order valence-electron chi connectivity index (χ4n) is 3.92. The van der Waals surface area contributed by atoms with Crippen LogP contribution in [0.1, 0.15) is 58.4 Å². The smallest absolute Gasteiger partial charge is 0.335 e. The summed E-state index contributed by atoms with van der Waals surface area (Å²) in [6.45, 7) is 4.58. The molecule has 0 fully saturated rings. The van der Waals surface area contributed by atoms with E-state index in [9.17, 15) is 4.79 Å². The van der Waals surface area contributed by atoms with Crippen LogP contribution >= 0.6 is 0 Å². The van der Waals surface area contributed by atoms with E-state index in [0.717, 1.165) is 17.5 Å². The molecular formula is C29H26O2. The number of hydrogen-bond donors (Lipinski definition) is 1. The Bertz CT molecular complexity index is 1180. The van der Waals surface area contributed by atoms with Crippen molar-refractivity contribution in [1.29, 1.82) is 0 Å². The number of benzene rings is 3. The zero-order valence-electron chi connectivity index (χ0n) is 17.9. The summed E-state index contributed by atoms with van der Waals surface area (Å²) in [7, 11) is 0. The van der Waals surface area contributed by atoms with Crippen molar-refractivity contribution < 1.29 is 9.90 Å². The number of hydrogen-bond acceptors (Lipinski definition) is 1. The third-order valence-electron chi connectivity index (χ3n) is 5.80. The molecule has 3 aromatic rings. The third kappa shape index (κ3) is 4.75. The van der Waals surface area contributed by atoms with E-state index in [1.165, 1.54) is 22.3 Å². The van der Waals surface area contributed by atoms with Gasteiger partial charge in [0.2, 0.25) is 0 Å². The summed E-state index contributed by atoms with van der Waals surface area (Å²) in [4.78, 5) is 11.0. The predicted molar refractivity (Wildman–Crippen MR) is 130 cm³/mol. The first-order valence-electron chi connectivity index (χ1n) is 10.5. The maximum Gasteiger partial charge on any atom is 0.335 e. The van der Waals surface area contributed by atoms with E-state index in [0.29, 0.717) is 5.56 Å². The van der Waals surface area contributed by atoms with Crippen LogP contribution in [0.3, 0.4) is 0 Å². The van der Waals surface area contributed by atoms with Gasteiger partial charge in [0.1, 0.15) is 0 Å². The second-order valence-corrected chi connectivity index (χ2v) is 8.56. The number of aromatic carboxylic acids is 1. The van der Waals surface area contributed by atoms with Gasteiger partial charge in [-0.15, -0.1) is 0 Å². The van der Waals surface area contributed by atoms with Crippen LogP contribution in [0.25, 0.3) is 23.8 Å². The standard InChI is InChI=1S/C29H26O2/c1-29(2)19-18-24(14-10-21-6-4-3-5-7-21)26-20-23(13-17-27(26)29)9-8-22-11-15-25(16-12-22)28(30)31/h3-18,20H,19H2,1-2H3,(H,30,31). The molecule has 3 aromatic carbocycles. The first-order chi connectivity index (χ1) is 14.9. The summed E-state index contributed by atoms with van der Waals surface area (Å²) < 4.78 is 0. The number of carboxylic acid groups (broad SMARTS) is 1. The van der Waals surface area contributed by atoms with Gasteiger partial charge in [-0.1, -0.05) is 98.8 Å². The first-order valence-corrected chi connectivity index (χ1v) is 10.5. The summed E-state index contributed by atoms with van der Waals surface area (Å²) in [5.41, 5.74) is 7.58. The van der Waals surface area contributed by atoms with E-state index in [2.05, 4.69) is 80.6 Å². The van der Waals surface area contributed by atoms with Gasteiger partial charge in [-0.3, -0.25) is 0 Å². The second kappa shape index (κ2) is 8.61. The molecule has 31 heavy (non-hydrogen) atoms. The minimum Gasteiger partial charge on any atom is -0.478 e. The molecule has 0 unspecified atom stereocenters. The summed E-state index contributed by atoms with van der Waals surface area (Å²) in [6.07, 6.45) is 11.8. The Morgan fingerprint density at radius 3 is 2.13 bits per heavy atom. The molecule has 0 spiro atoms. The summed E-state index contributed by atoms with van der Waals surface area (Å²) >= 11 is 0. The molecule has 1 aliphatic rings. The molecule has 2 nitrogen and oxygen atoms in total. The highest BCUT2D eigenvalue weighted by Crippen LogP contribution is 2.40. The minimum atomic E-state index is -0.907. The van der Waals surface area contributed by atoms with Crippen molar-refractivity contribution in [1.82, 2.24) is 0 Å². The number of carbonyl (C=O) groups is 1. The average Bonchev–Trinajstić information content (AvgIpc) is 2.78. The monoisotopic (exact) mass is 406 g/mol. The lowest BCUT2D eigenvalue weighted by molar-refractivity contribution is 0.0697. The highest BCUT2D eigenvalue weighted by atomic mass is 16.4. The molecule has 154 valence electrons. The van der Waals surface area contributed by atoms with Crippen LogP contribution in [0.15, 0.2) is 84.9 Å². The zero-order chi connectivity index (χ0) is 21.8. The third-order valence-corrected chi connectivity index (χ3v) is 5.80. The van der Waals surface area contributed by atoms with Gasteiger partial charge < -0.3 is 5.11 Å². The van der Waals surface area contributed by atoms with Crippen LogP contribution < -0.4 is 0 Å². The molecule has 0 saturated carbocycles. The van der Waals surface area contributed by atoms with E-state index in [1.807, 2.05) is 24.3 Å². The van der Waals surface area contributed by atoms with Gasteiger partial charge in [-0.25, -0.2) is 4.79 Å². The molecule has 4 rings (SSSR count). The molecular weight excluding hydrogens is 380 g/mol. The number of carboxylic acids is 1. The number of rotatable bonds is 5. The Morgan fingerprint density at radius 2 is 1.42 bits per heavy atom. The summed E-state index contributed by atoms with van der Waals surface area (Å²) in [6, 6.07) is 23.9. The molecule has 0 heterocycles.